The number of anilines is 2. The second-order valence-electron chi connectivity index (χ2n) is 7.74. The maximum atomic E-state index is 12.6. The van der Waals surface area contributed by atoms with Gasteiger partial charge < -0.3 is 20.3 Å². The lowest BCUT2D eigenvalue weighted by atomic mass is 9.99. The van der Waals surface area contributed by atoms with Gasteiger partial charge in [-0.1, -0.05) is 18.2 Å². The minimum Gasteiger partial charge on any atom is -0.374 e. The third-order valence-corrected chi connectivity index (χ3v) is 5.56. The van der Waals surface area contributed by atoms with Crippen molar-refractivity contribution in [2.24, 2.45) is 0 Å². The predicted octanol–water partition coefficient (Wildman–Crippen LogP) is 3.12. The molecule has 0 saturated carbocycles. The van der Waals surface area contributed by atoms with Crippen LogP contribution in [0, 0.1) is 0 Å². The first-order valence-corrected chi connectivity index (χ1v) is 10.2. The van der Waals surface area contributed by atoms with Crippen LogP contribution in [0.3, 0.4) is 0 Å². The minimum absolute atomic E-state index is 0.154. The van der Waals surface area contributed by atoms with Crippen LogP contribution in [-0.2, 0) is 22.5 Å². The van der Waals surface area contributed by atoms with Crippen molar-refractivity contribution < 1.29 is 14.3 Å². The molecule has 2 heterocycles. The first-order valence-electron chi connectivity index (χ1n) is 10.2. The van der Waals surface area contributed by atoms with Gasteiger partial charge in [-0.25, -0.2) is 0 Å². The Morgan fingerprint density at radius 1 is 1.17 bits per heavy atom. The van der Waals surface area contributed by atoms with Gasteiger partial charge in [0, 0.05) is 43.7 Å². The Hall–Kier alpha value is -2.86. The fourth-order valence-electron chi connectivity index (χ4n) is 3.98. The number of nitrogens with one attached hydrogen (secondary N) is 2. The molecule has 2 aliphatic rings. The number of aryl methyl sites for hydroxylation is 1. The summed E-state index contributed by atoms with van der Waals surface area (Å²) in [4.78, 5) is 27.1. The van der Waals surface area contributed by atoms with E-state index >= 15 is 0 Å². The van der Waals surface area contributed by atoms with Crippen LogP contribution in [0.1, 0.15) is 40.7 Å². The summed E-state index contributed by atoms with van der Waals surface area (Å²) < 4.78 is 5.40. The highest BCUT2D eigenvalue weighted by Crippen LogP contribution is 2.26. The quantitative estimate of drug-likeness (QED) is 0.819. The lowest BCUT2D eigenvalue weighted by Crippen LogP contribution is -2.27. The van der Waals surface area contributed by atoms with Crippen molar-refractivity contribution in [2.45, 2.75) is 38.3 Å². The van der Waals surface area contributed by atoms with Crippen molar-refractivity contribution in [1.29, 1.82) is 0 Å². The molecule has 2 amide bonds. The molecule has 1 atom stereocenters. The van der Waals surface area contributed by atoms with E-state index in [9.17, 15) is 9.59 Å². The van der Waals surface area contributed by atoms with Gasteiger partial charge in [-0.2, -0.15) is 0 Å². The molecule has 0 unspecified atom stereocenters. The summed E-state index contributed by atoms with van der Waals surface area (Å²) in [5.74, 6) is -0.313. The van der Waals surface area contributed by atoms with Crippen molar-refractivity contribution in [3.8, 4) is 0 Å². The molecule has 6 nitrogen and oxygen atoms in total. The largest absolute Gasteiger partial charge is 0.374 e. The molecule has 2 aliphatic heterocycles. The SMILES string of the molecule is CN1CCCc2cc(CNC(=O)c3cccc(NC(=O)[C@H]4CCCO4)c3)ccc21. The highest BCUT2D eigenvalue weighted by atomic mass is 16.5. The number of hydrogen-bond acceptors (Lipinski definition) is 4. The molecule has 29 heavy (non-hydrogen) atoms. The monoisotopic (exact) mass is 393 g/mol. The second-order valence-corrected chi connectivity index (χ2v) is 7.74. The van der Waals surface area contributed by atoms with Crippen molar-refractivity contribution >= 4 is 23.2 Å². The van der Waals surface area contributed by atoms with Crippen molar-refractivity contribution in [3.05, 3.63) is 59.2 Å². The Bertz CT molecular complexity index is 906. The van der Waals surface area contributed by atoms with Crippen molar-refractivity contribution in [2.75, 3.05) is 30.4 Å². The summed E-state index contributed by atoms with van der Waals surface area (Å²) in [6, 6.07) is 13.4. The summed E-state index contributed by atoms with van der Waals surface area (Å²) in [6.07, 6.45) is 3.48. The van der Waals surface area contributed by atoms with E-state index in [0.29, 0.717) is 24.4 Å². The van der Waals surface area contributed by atoms with Crippen LogP contribution in [0.2, 0.25) is 0 Å². The van der Waals surface area contributed by atoms with Crippen LogP contribution in [0.5, 0.6) is 0 Å². The zero-order valence-electron chi connectivity index (χ0n) is 16.7. The van der Waals surface area contributed by atoms with Gasteiger partial charge in [-0.15, -0.1) is 0 Å². The van der Waals surface area contributed by atoms with Crippen LogP contribution in [-0.4, -0.2) is 38.1 Å². The average molecular weight is 393 g/mol. The Morgan fingerprint density at radius 2 is 2.07 bits per heavy atom. The molecule has 152 valence electrons. The van der Waals surface area contributed by atoms with Gasteiger partial charge in [0.25, 0.3) is 11.8 Å². The van der Waals surface area contributed by atoms with Crippen LogP contribution in [0.25, 0.3) is 0 Å². The first-order chi connectivity index (χ1) is 14.1. The maximum absolute atomic E-state index is 12.6. The second kappa shape index (κ2) is 8.66. The molecule has 0 radical (unpaired) electrons. The van der Waals surface area contributed by atoms with Gasteiger partial charge >= 0.3 is 0 Å². The van der Waals surface area contributed by atoms with Gasteiger partial charge in [0.15, 0.2) is 0 Å². The molecular formula is C23H27N3O3. The summed E-state index contributed by atoms with van der Waals surface area (Å²) in [5, 5.41) is 5.82. The van der Waals surface area contributed by atoms with Crippen molar-refractivity contribution in [3.63, 3.8) is 0 Å². The van der Waals surface area contributed by atoms with E-state index in [4.69, 9.17) is 4.74 Å². The van der Waals surface area contributed by atoms with E-state index in [1.54, 1.807) is 24.3 Å². The normalized spacial score (nSPS) is 18.2. The summed E-state index contributed by atoms with van der Waals surface area (Å²) in [5.41, 5.74) is 4.84. The van der Waals surface area contributed by atoms with E-state index < -0.39 is 6.10 Å². The van der Waals surface area contributed by atoms with E-state index in [1.807, 2.05) is 0 Å². The molecule has 0 aliphatic carbocycles. The summed E-state index contributed by atoms with van der Waals surface area (Å²) in [6.45, 7) is 2.19. The number of fused-ring (bicyclic) bond motifs is 1. The van der Waals surface area contributed by atoms with Crippen LogP contribution < -0.4 is 15.5 Å². The predicted molar refractivity (Wildman–Crippen MR) is 113 cm³/mol. The number of ether oxygens (including phenoxy) is 1. The molecule has 2 N–H and O–H groups in total. The maximum Gasteiger partial charge on any atom is 0.253 e. The molecule has 1 fully saturated rings. The molecule has 0 aromatic heterocycles. The highest BCUT2D eigenvalue weighted by molar-refractivity contribution is 5.98. The fraction of sp³-hybridized carbons (Fsp3) is 0.391. The molecule has 0 bridgehead atoms. The molecule has 2 aromatic rings. The van der Waals surface area contributed by atoms with E-state index in [2.05, 4.69) is 40.8 Å². The number of hydrogen-bond donors (Lipinski definition) is 2. The standard InChI is InChI=1S/C23H27N3O3/c1-26-11-3-6-17-13-16(9-10-20(17)26)15-24-22(27)18-5-2-7-19(14-18)25-23(28)21-8-4-12-29-21/h2,5,7,9-10,13-14,21H,3-4,6,8,11-12,15H2,1H3,(H,24,27)(H,25,28)/t21-/m1/s1. The lowest BCUT2D eigenvalue weighted by molar-refractivity contribution is -0.124. The lowest BCUT2D eigenvalue weighted by Gasteiger charge is -2.27. The number of benzene rings is 2. The van der Waals surface area contributed by atoms with E-state index in [0.717, 1.165) is 37.8 Å². The first kappa shape index (κ1) is 19.5. The Morgan fingerprint density at radius 3 is 2.90 bits per heavy atom. The van der Waals surface area contributed by atoms with Crippen LogP contribution >= 0.6 is 0 Å². The Balaban J connectivity index is 1.37. The summed E-state index contributed by atoms with van der Waals surface area (Å²) in [7, 11) is 2.12. The van der Waals surface area contributed by atoms with Gasteiger partial charge in [0.1, 0.15) is 6.10 Å². The number of carbonyl (C=O) groups is 2. The molecule has 1 saturated heterocycles. The third kappa shape index (κ3) is 4.59. The molecule has 6 heteroatoms. The number of rotatable bonds is 5. The summed E-state index contributed by atoms with van der Waals surface area (Å²) >= 11 is 0. The van der Waals surface area contributed by atoms with Gasteiger partial charge in [0.05, 0.1) is 0 Å². The van der Waals surface area contributed by atoms with E-state index in [-0.39, 0.29) is 11.8 Å². The molecule has 2 aromatic carbocycles. The zero-order chi connectivity index (χ0) is 20.2. The third-order valence-electron chi connectivity index (χ3n) is 5.56. The van der Waals surface area contributed by atoms with E-state index in [1.165, 1.54) is 11.3 Å². The topological polar surface area (TPSA) is 70.7 Å². The van der Waals surface area contributed by atoms with Crippen LogP contribution in [0.4, 0.5) is 11.4 Å². The van der Waals surface area contributed by atoms with Gasteiger partial charge in [-0.05, 0) is 61.1 Å². The molecular weight excluding hydrogens is 366 g/mol. The average Bonchev–Trinajstić information content (AvgIpc) is 3.27. The molecule has 4 rings (SSSR count). The van der Waals surface area contributed by atoms with Gasteiger partial charge in [0.2, 0.25) is 0 Å². The fourth-order valence-corrected chi connectivity index (χ4v) is 3.98. The number of amides is 2. The number of nitrogens with zero attached hydrogens (tertiary/aromatic N) is 1. The number of carbonyl (C=O) groups excluding carboxylic acids is 2. The van der Waals surface area contributed by atoms with Gasteiger partial charge in [-0.3, -0.25) is 9.59 Å². The zero-order valence-corrected chi connectivity index (χ0v) is 16.7. The van der Waals surface area contributed by atoms with Crippen LogP contribution in [0.15, 0.2) is 42.5 Å². The molecule has 0 spiro atoms. The smallest absolute Gasteiger partial charge is 0.253 e. The highest BCUT2D eigenvalue weighted by Gasteiger charge is 2.23. The Labute approximate surface area is 171 Å². The Kier molecular flexibility index (Phi) is 5.81. The van der Waals surface area contributed by atoms with Crippen molar-refractivity contribution in [1.82, 2.24) is 5.32 Å². The minimum atomic E-state index is -0.393.